The predicted octanol–water partition coefficient (Wildman–Crippen LogP) is 8.64. The zero-order valence-corrected chi connectivity index (χ0v) is 25.0. The summed E-state index contributed by atoms with van der Waals surface area (Å²) in [5, 5.41) is 4.27. The molecular weight excluding hydrogens is 517 g/mol. The van der Waals surface area contributed by atoms with E-state index in [-0.39, 0.29) is 11.7 Å². The number of anilines is 1. The number of amides is 1. The first-order valence-corrected chi connectivity index (χ1v) is 14.4. The molecule has 3 N–H and O–H groups in total. The number of pyridine rings is 1. The molecule has 3 rings (SSSR count). The third kappa shape index (κ3) is 7.12. The number of aromatic nitrogens is 1. The van der Waals surface area contributed by atoms with Crippen LogP contribution in [0.5, 0.6) is 5.75 Å². The molecule has 0 radical (unpaired) electrons. The van der Waals surface area contributed by atoms with Crippen LogP contribution in [0.4, 0.5) is 5.82 Å². The van der Waals surface area contributed by atoms with E-state index in [1.54, 1.807) is 6.20 Å². The smallest absolute Gasteiger partial charge is 0.247 e. The Morgan fingerprint density at radius 3 is 2.63 bits per heavy atom. The number of carbonyl (C=O) groups excluding carboxylic acids is 1. The molecule has 2 aromatic rings. The number of carbonyl (C=O) groups is 1. The Hall–Kier alpha value is -2.50. The molecule has 7 heteroatoms. The van der Waals surface area contributed by atoms with Crippen molar-refractivity contribution < 1.29 is 9.53 Å². The summed E-state index contributed by atoms with van der Waals surface area (Å²) in [6.45, 7) is 13.1. The first-order chi connectivity index (χ1) is 18.0. The monoisotopic (exact) mass is 557 g/mol. The summed E-state index contributed by atoms with van der Waals surface area (Å²) < 4.78 is 6.27. The summed E-state index contributed by atoms with van der Waals surface area (Å²) in [5.41, 5.74) is 12.8. The molecule has 2 unspecified atom stereocenters. The average Bonchev–Trinajstić information content (AvgIpc) is 3.03. The van der Waals surface area contributed by atoms with Gasteiger partial charge in [0.05, 0.1) is 5.02 Å². The van der Waals surface area contributed by atoms with Crippen molar-refractivity contribution in [2.75, 3.05) is 12.3 Å². The lowest BCUT2D eigenvalue weighted by atomic mass is 9.92. The van der Waals surface area contributed by atoms with E-state index >= 15 is 0 Å². The van der Waals surface area contributed by atoms with E-state index in [1.807, 2.05) is 39.0 Å². The predicted molar refractivity (Wildman–Crippen MR) is 160 cm³/mol. The zero-order valence-electron chi connectivity index (χ0n) is 23.5. The molecule has 1 aliphatic carbocycles. The van der Waals surface area contributed by atoms with E-state index < -0.39 is 6.10 Å². The number of hydrogen-bond acceptors (Lipinski definition) is 4. The third-order valence-corrected chi connectivity index (χ3v) is 8.39. The third-order valence-electron chi connectivity index (χ3n) is 7.56. The van der Waals surface area contributed by atoms with Crippen LogP contribution in [0.25, 0.3) is 5.57 Å². The largest absolute Gasteiger partial charge is 0.482 e. The van der Waals surface area contributed by atoms with E-state index in [0.717, 1.165) is 66.4 Å². The van der Waals surface area contributed by atoms with Crippen LogP contribution in [0, 0.1) is 12.8 Å². The fraction of sp³-hybridized carbons (Fsp3) is 0.484. The maximum absolute atomic E-state index is 13.2. The van der Waals surface area contributed by atoms with Gasteiger partial charge in [-0.05, 0) is 94.6 Å². The van der Waals surface area contributed by atoms with Crippen LogP contribution < -0.4 is 15.8 Å². The van der Waals surface area contributed by atoms with Crippen LogP contribution in [0.15, 0.2) is 41.1 Å². The highest BCUT2D eigenvalue weighted by Crippen LogP contribution is 2.39. The molecule has 5 nitrogen and oxygen atoms in total. The molecule has 1 aliphatic rings. The Bertz CT molecular complexity index is 1240. The van der Waals surface area contributed by atoms with E-state index in [9.17, 15) is 4.79 Å². The van der Waals surface area contributed by atoms with E-state index in [4.69, 9.17) is 33.7 Å². The van der Waals surface area contributed by atoms with Gasteiger partial charge in [-0.1, -0.05) is 55.1 Å². The van der Waals surface area contributed by atoms with E-state index in [0.29, 0.717) is 33.8 Å². The van der Waals surface area contributed by atoms with Gasteiger partial charge in [-0.15, -0.1) is 0 Å². The van der Waals surface area contributed by atoms with Crippen molar-refractivity contribution in [2.24, 2.45) is 5.92 Å². The molecule has 0 saturated carbocycles. The van der Waals surface area contributed by atoms with E-state index in [2.05, 4.69) is 31.1 Å². The van der Waals surface area contributed by atoms with Crippen molar-refractivity contribution >= 4 is 40.5 Å². The number of nitrogen functional groups attached to an aromatic ring is 1. The molecule has 0 fully saturated rings. The second kappa shape index (κ2) is 13.5. The van der Waals surface area contributed by atoms with Gasteiger partial charge in [0.1, 0.15) is 6.10 Å². The molecule has 0 bridgehead atoms. The van der Waals surface area contributed by atoms with Crippen LogP contribution in [0.1, 0.15) is 95.9 Å². The molecule has 1 aromatic carbocycles. The van der Waals surface area contributed by atoms with E-state index in [1.165, 1.54) is 5.57 Å². The quantitative estimate of drug-likeness (QED) is 0.286. The molecule has 1 aromatic heterocycles. The van der Waals surface area contributed by atoms with Gasteiger partial charge < -0.3 is 15.8 Å². The number of nitrogens with two attached hydrogens (primary N) is 1. The first kappa shape index (κ1) is 30.0. The molecule has 1 heterocycles. The standard InChI is InChI=1S/C31H41Cl2N3O2/c1-7-18(2)10-9-15-35-31(37)24-12-8-11-19(3)27(21(24)5)23-16-26(30(34)36-17-23)38-22(6)28-25(32)14-13-20(4)29(28)33/h13-14,16-18,22H,7-12,15H2,1-6H3,(H2,34,36)(H,35,37). The van der Waals surface area contributed by atoms with Crippen LogP contribution in [0.2, 0.25) is 10.0 Å². The molecule has 0 saturated heterocycles. The minimum atomic E-state index is -0.438. The fourth-order valence-electron chi connectivity index (χ4n) is 5.01. The summed E-state index contributed by atoms with van der Waals surface area (Å²) >= 11 is 13.0. The summed E-state index contributed by atoms with van der Waals surface area (Å²) in [6, 6.07) is 5.61. The van der Waals surface area contributed by atoms with Crippen LogP contribution >= 0.6 is 23.2 Å². The topological polar surface area (TPSA) is 77.2 Å². The van der Waals surface area contributed by atoms with Crippen molar-refractivity contribution in [3.05, 3.63) is 67.9 Å². The normalized spacial score (nSPS) is 15.8. The SMILES string of the molecule is CCC(C)CCCNC(=O)C1=C(C)C(c2cnc(N)c(OC(C)c3c(Cl)ccc(C)c3Cl)c2)=C(C)CCC1. The number of nitrogens with zero attached hydrogens (tertiary/aromatic N) is 1. The Labute approximate surface area is 237 Å². The number of halogens is 2. The number of rotatable bonds is 10. The van der Waals surface area contributed by atoms with Gasteiger partial charge in [0.15, 0.2) is 11.6 Å². The number of allylic oxidation sites excluding steroid dienone is 3. The van der Waals surface area contributed by atoms with Gasteiger partial charge in [0, 0.05) is 34.5 Å². The Morgan fingerprint density at radius 2 is 1.92 bits per heavy atom. The maximum Gasteiger partial charge on any atom is 0.247 e. The maximum atomic E-state index is 13.2. The van der Waals surface area contributed by atoms with Crippen LogP contribution in [0.3, 0.4) is 0 Å². The molecule has 2 atom stereocenters. The van der Waals surface area contributed by atoms with Crippen LogP contribution in [-0.4, -0.2) is 17.4 Å². The Morgan fingerprint density at radius 1 is 1.18 bits per heavy atom. The van der Waals surface area contributed by atoms with Crippen molar-refractivity contribution in [3.8, 4) is 5.75 Å². The van der Waals surface area contributed by atoms with Crippen LogP contribution in [-0.2, 0) is 4.79 Å². The minimum Gasteiger partial charge on any atom is -0.482 e. The second-order valence-corrected chi connectivity index (χ2v) is 11.3. The highest BCUT2D eigenvalue weighted by molar-refractivity contribution is 6.36. The molecule has 206 valence electrons. The number of benzene rings is 1. The zero-order chi connectivity index (χ0) is 28.0. The van der Waals surface area contributed by atoms with Crippen molar-refractivity contribution in [3.63, 3.8) is 0 Å². The Kier molecular flexibility index (Phi) is 10.7. The summed E-state index contributed by atoms with van der Waals surface area (Å²) in [6.07, 6.45) is 7.17. The van der Waals surface area contributed by atoms with Gasteiger partial charge in [-0.25, -0.2) is 4.98 Å². The second-order valence-electron chi connectivity index (χ2n) is 10.5. The fourth-order valence-corrected chi connectivity index (χ4v) is 5.69. The van der Waals surface area contributed by atoms with Crippen molar-refractivity contribution in [2.45, 2.75) is 86.2 Å². The van der Waals surface area contributed by atoms with Gasteiger partial charge in [-0.3, -0.25) is 4.79 Å². The molecule has 1 amide bonds. The minimum absolute atomic E-state index is 0.0242. The van der Waals surface area contributed by atoms with Gasteiger partial charge in [0.25, 0.3) is 0 Å². The lowest BCUT2D eigenvalue weighted by Gasteiger charge is -2.21. The summed E-state index contributed by atoms with van der Waals surface area (Å²) in [4.78, 5) is 17.6. The lowest BCUT2D eigenvalue weighted by Crippen LogP contribution is -2.27. The summed E-state index contributed by atoms with van der Waals surface area (Å²) in [5.74, 6) is 1.44. The number of ether oxygens (including phenoxy) is 1. The lowest BCUT2D eigenvalue weighted by molar-refractivity contribution is -0.117. The molecular formula is C31H41Cl2N3O2. The van der Waals surface area contributed by atoms with Crippen molar-refractivity contribution in [1.29, 1.82) is 0 Å². The molecule has 0 aliphatic heterocycles. The van der Waals surface area contributed by atoms with Gasteiger partial charge in [0.2, 0.25) is 5.91 Å². The molecule has 0 spiro atoms. The highest BCUT2D eigenvalue weighted by Gasteiger charge is 2.23. The first-order valence-electron chi connectivity index (χ1n) is 13.6. The van der Waals surface area contributed by atoms with Gasteiger partial charge in [-0.2, -0.15) is 0 Å². The van der Waals surface area contributed by atoms with Gasteiger partial charge >= 0.3 is 0 Å². The molecule has 38 heavy (non-hydrogen) atoms. The number of hydrogen-bond donors (Lipinski definition) is 2. The number of nitrogens with one attached hydrogen (secondary N) is 1. The summed E-state index contributed by atoms with van der Waals surface area (Å²) in [7, 11) is 0. The highest BCUT2D eigenvalue weighted by atomic mass is 35.5. The average molecular weight is 559 g/mol. The Balaban J connectivity index is 1.88. The number of aryl methyl sites for hydroxylation is 1. The van der Waals surface area contributed by atoms with Crippen molar-refractivity contribution in [1.82, 2.24) is 10.3 Å².